The van der Waals surface area contributed by atoms with Crippen molar-refractivity contribution < 1.29 is 9.90 Å². The van der Waals surface area contributed by atoms with Gasteiger partial charge in [-0.15, -0.1) is 0 Å². The number of pyridine rings is 1. The lowest BCUT2D eigenvalue weighted by molar-refractivity contribution is 0.0697. The Bertz CT molecular complexity index is 663. The first-order valence-electron chi connectivity index (χ1n) is 6.12. The number of nitrogen functional groups attached to an aromatic ring is 1. The average Bonchev–Trinajstić information content (AvgIpc) is 2.62. The second kappa shape index (κ2) is 5.20. The van der Waals surface area contributed by atoms with Crippen LogP contribution < -0.4 is 11.1 Å². The zero-order chi connectivity index (χ0) is 14.9. The van der Waals surface area contributed by atoms with Gasteiger partial charge in [0.05, 0.1) is 17.6 Å². The number of carboxylic acid groups (broad SMARTS) is 1. The Morgan fingerprint density at radius 1 is 1.50 bits per heavy atom. The van der Waals surface area contributed by atoms with Crippen molar-refractivity contribution in [2.24, 2.45) is 7.05 Å². The predicted molar refractivity (Wildman–Crippen MR) is 75.6 cm³/mol. The molecule has 2 aromatic heterocycles. The highest BCUT2D eigenvalue weighted by Gasteiger charge is 2.14. The van der Waals surface area contributed by atoms with Crippen molar-refractivity contribution in [1.29, 1.82) is 0 Å². The molecular formula is C13H17N5O2. The lowest BCUT2D eigenvalue weighted by atomic mass is 10.2. The van der Waals surface area contributed by atoms with Gasteiger partial charge in [-0.1, -0.05) is 0 Å². The molecule has 0 fully saturated rings. The van der Waals surface area contributed by atoms with Crippen LogP contribution >= 0.6 is 0 Å². The third-order valence-corrected chi connectivity index (χ3v) is 3.23. The van der Waals surface area contributed by atoms with Crippen molar-refractivity contribution in [3.05, 3.63) is 34.8 Å². The molecule has 0 aliphatic rings. The van der Waals surface area contributed by atoms with Gasteiger partial charge in [-0.2, -0.15) is 5.10 Å². The molecule has 0 spiro atoms. The number of carbonyl (C=O) groups is 1. The highest BCUT2D eigenvalue weighted by Crippen LogP contribution is 2.18. The molecule has 0 aliphatic carbocycles. The molecule has 0 saturated heterocycles. The summed E-state index contributed by atoms with van der Waals surface area (Å²) in [5, 5.41) is 16.5. The first-order chi connectivity index (χ1) is 9.40. The number of rotatable bonds is 4. The summed E-state index contributed by atoms with van der Waals surface area (Å²) in [7, 11) is 1.87. The monoisotopic (exact) mass is 275 g/mol. The van der Waals surface area contributed by atoms with Gasteiger partial charge < -0.3 is 16.2 Å². The van der Waals surface area contributed by atoms with Crippen molar-refractivity contribution in [3.8, 4) is 0 Å². The maximum absolute atomic E-state index is 11.2. The Hall–Kier alpha value is -2.57. The molecule has 0 amide bonds. The second-order valence-electron chi connectivity index (χ2n) is 4.60. The molecule has 0 radical (unpaired) electrons. The number of hydrogen-bond donors (Lipinski definition) is 3. The van der Waals surface area contributed by atoms with Gasteiger partial charge in [-0.3, -0.25) is 4.68 Å². The van der Waals surface area contributed by atoms with E-state index in [0.717, 1.165) is 17.0 Å². The van der Waals surface area contributed by atoms with E-state index in [1.807, 2.05) is 20.9 Å². The predicted octanol–water partition coefficient (Wildman–Crippen LogP) is 1.32. The lowest BCUT2D eigenvalue weighted by Crippen LogP contribution is -2.10. The third-order valence-electron chi connectivity index (χ3n) is 3.23. The van der Waals surface area contributed by atoms with Crippen molar-refractivity contribution in [1.82, 2.24) is 14.8 Å². The molecule has 0 atom stereocenters. The van der Waals surface area contributed by atoms with Crippen LogP contribution in [0.2, 0.25) is 0 Å². The summed E-state index contributed by atoms with van der Waals surface area (Å²) in [5.74, 6) is -0.763. The van der Waals surface area contributed by atoms with Crippen molar-refractivity contribution in [3.63, 3.8) is 0 Å². The molecule has 4 N–H and O–H groups in total. The molecule has 0 aliphatic heterocycles. The van der Waals surface area contributed by atoms with Crippen LogP contribution in [0, 0.1) is 13.8 Å². The van der Waals surface area contributed by atoms with Crippen LogP contribution in [-0.4, -0.2) is 25.8 Å². The molecule has 2 heterocycles. The van der Waals surface area contributed by atoms with Crippen molar-refractivity contribution in [2.45, 2.75) is 20.4 Å². The molecule has 0 unspecified atom stereocenters. The van der Waals surface area contributed by atoms with Crippen molar-refractivity contribution >= 4 is 17.5 Å². The molecule has 0 saturated carbocycles. The maximum Gasteiger partial charge on any atom is 0.339 e. The molecule has 0 bridgehead atoms. The fraction of sp³-hybridized carbons (Fsp3) is 0.308. The lowest BCUT2D eigenvalue weighted by Gasteiger charge is -2.09. The first kappa shape index (κ1) is 13.9. The number of carboxylic acids is 1. The molecule has 0 aromatic carbocycles. The van der Waals surface area contributed by atoms with E-state index in [2.05, 4.69) is 15.4 Å². The van der Waals surface area contributed by atoms with E-state index in [1.165, 1.54) is 12.3 Å². The SMILES string of the molecule is Cc1nn(C)c(C)c1CNc1ncc(N)cc1C(=O)O. The molecule has 2 rings (SSSR count). The van der Waals surface area contributed by atoms with Crippen LogP contribution in [0.15, 0.2) is 12.3 Å². The van der Waals surface area contributed by atoms with Gasteiger partial charge in [-0.25, -0.2) is 9.78 Å². The van der Waals surface area contributed by atoms with Gasteiger partial charge in [0, 0.05) is 24.8 Å². The normalized spacial score (nSPS) is 10.6. The minimum absolute atomic E-state index is 0.0594. The molecule has 7 heteroatoms. The van der Waals surface area contributed by atoms with Crippen LogP contribution in [0.5, 0.6) is 0 Å². The largest absolute Gasteiger partial charge is 0.478 e. The van der Waals surface area contributed by atoms with Gasteiger partial charge in [0.25, 0.3) is 0 Å². The van der Waals surface area contributed by atoms with E-state index >= 15 is 0 Å². The minimum Gasteiger partial charge on any atom is -0.478 e. The maximum atomic E-state index is 11.2. The number of nitrogens with two attached hydrogens (primary N) is 1. The Kier molecular flexibility index (Phi) is 3.60. The average molecular weight is 275 g/mol. The Balaban J connectivity index is 2.25. The van der Waals surface area contributed by atoms with Gasteiger partial charge in [0.2, 0.25) is 0 Å². The molecular weight excluding hydrogens is 258 g/mol. The zero-order valence-electron chi connectivity index (χ0n) is 11.6. The topological polar surface area (TPSA) is 106 Å². The summed E-state index contributed by atoms with van der Waals surface area (Å²) in [6.07, 6.45) is 1.43. The van der Waals surface area contributed by atoms with E-state index < -0.39 is 5.97 Å². The molecule has 106 valence electrons. The minimum atomic E-state index is -1.06. The number of aromatic nitrogens is 3. The van der Waals surface area contributed by atoms with Gasteiger partial charge in [-0.05, 0) is 19.9 Å². The Labute approximate surface area is 116 Å². The van der Waals surface area contributed by atoms with Gasteiger partial charge in [0.1, 0.15) is 11.4 Å². The summed E-state index contributed by atoms with van der Waals surface area (Å²) in [6.45, 7) is 4.34. The number of aromatic carboxylic acids is 1. The summed E-state index contributed by atoms with van der Waals surface area (Å²) < 4.78 is 1.79. The molecule has 7 nitrogen and oxygen atoms in total. The highest BCUT2D eigenvalue weighted by molar-refractivity contribution is 5.94. The van der Waals surface area contributed by atoms with Crippen LogP contribution in [-0.2, 0) is 13.6 Å². The van der Waals surface area contributed by atoms with Crippen molar-refractivity contribution in [2.75, 3.05) is 11.1 Å². The Morgan fingerprint density at radius 3 is 2.75 bits per heavy atom. The fourth-order valence-corrected chi connectivity index (χ4v) is 2.03. The van der Waals surface area contributed by atoms with E-state index in [9.17, 15) is 4.79 Å². The number of hydrogen-bond acceptors (Lipinski definition) is 5. The summed E-state index contributed by atoms with van der Waals surface area (Å²) >= 11 is 0. The van der Waals surface area contributed by atoms with E-state index in [-0.39, 0.29) is 5.56 Å². The standard InChI is InChI=1S/C13H17N5O2/c1-7-11(8(2)18(3)17-7)6-16-12-10(13(19)20)4-9(14)5-15-12/h4-5H,6,14H2,1-3H3,(H,15,16)(H,19,20). The van der Waals surface area contributed by atoms with Gasteiger partial charge in [0.15, 0.2) is 0 Å². The first-order valence-corrected chi connectivity index (χ1v) is 6.12. The quantitative estimate of drug-likeness (QED) is 0.777. The van der Waals surface area contributed by atoms with Crippen LogP contribution in [0.25, 0.3) is 0 Å². The number of nitrogens with one attached hydrogen (secondary N) is 1. The highest BCUT2D eigenvalue weighted by atomic mass is 16.4. The van der Waals surface area contributed by atoms with Crippen LogP contribution in [0.1, 0.15) is 27.3 Å². The Morgan fingerprint density at radius 2 is 2.20 bits per heavy atom. The summed E-state index contributed by atoms with van der Waals surface area (Å²) in [5.41, 5.74) is 8.90. The van der Waals surface area contributed by atoms with Gasteiger partial charge >= 0.3 is 5.97 Å². The smallest absolute Gasteiger partial charge is 0.339 e. The molecule has 2 aromatic rings. The molecule has 20 heavy (non-hydrogen) atoms. The zero-order valence-corrected chi connectivity index (χ0v) is 11.6. The summed E-state index contributed by atoms with van der Waals surface area (Å²) in [6, 6.07) is 1.39. The summed E-state index contributed by atoms with van der Waals surface area (Å²) in [4.78, 5) is 15.2. The van der Waals surface area contributed by atoms with E-state index in [4.69, 9.17) is 10.8 Å². The second-order valence-corrected chi connectivity index (χ2v) is 4.60. The van der Waals surface area contributed by atoms with Crippen LogP contribution in [0.3, 0.4) is 0 Å². The van der Waals surface area contributed by atoms with E-state index in [0.29, 0.717) is 18.1 Å². The fourth-order valence-electron chi connectivity index (χ4n) is 2.03. The number of anilines is 2. The van der Waals surface area contributed by atoms with Crippen LogP contribution in [0.4, 0.5) is 11.5 Å². The van der Waals surface area contributed by atoms with E-state index in [1.54, 1.807) is 4.68 Å². The third kappa shape index (κ3) is 2.56. The number of aryl methyl sites for hydroxylation is 2. The number of nitrogens with zero attached hydrogens (tertiary/aromatic N) is 3.